The summed E-state index contributed by atoms with van der Waals surface area (Å²) in [4.78, 5) is 7.67. The van der Waals surface area contributed by atoms with Crippen molar-refractivity contribution in [2.45, 2.75) is 25.3 Å². The molecule has 0 atom stereocenters. The third-order valence-electron chi connectivity index (χ3n) is 1.42. The van der Waals surface area contributed by atoms with Gasteiger partial charge < -0.3 is 0 Å². The van der Waals surface area contributed by atoms with Crippen molar-refractivity contribution in [3.8, 4) is 0 Å². The van der Waals surface area contributed by atoms with Gasteiger partial charge in [0.25, 0.3) is 0 Å². The molecule has 0 N–H and O–H groups in total. The highest BCUT2D eigenvalue weighted by Crippen LogP contribution is 2.20. The lowest BCUT2D eigenvalue weighted by atomic mass is 9.94. The van der Waals surface area contributed by atoms with Gasteiger partial charge in [-0.15, -0.1) is 0 Å². The second-order valence-corrected chi connectivity index (χ2v) is 2.04. The maximum atomic E-state index is 4.03. The minimum Gasteiger partial charge on any atom is -0.229 e. The molecule has 0 radical (unpaired) electrons. The lowest BCUT2D eigenvalue weighted by Crippen LogP contribution is -2.13. The highest BCUT2D eigenvalue weighted by atomic mass is 14.8. The zero-order valence-electron chi connectivity index (χ0n) is 5.09. The van der Waals surface area contributed by atoms with Crippen LogP contribution in [0.2, 0.25) is 0 Å². The van der Waals surface area contributed by atoms with E-state index in [-0.39, 0.29) is 0 Å². The van der Waals surface area contributed by atoms with Crippen LogP contribution in [0.5, 0.6) is 0 Å². The molecule has 1 rings (SSSR count). The molecule has 1 aliphatic carbocycles. The first-order chi connectivity index (χ1) is 3.93. The van der Waals surface area contributed by atoms with Crippen molar-refractivity contribution in [1.29, 1.82) is 0 Å². The fourth-order valence-corrected chi connectivity index (χ4v) is 0.655. The summed E-state index contributed by atoms with van der Waals surface area (Å²) in [6.07, 6.45) is 3.81. The lowest BCUT2D eigenvalue weighted by Gasteiger charge is -2.18. The molecule has 0 aliphatic heterocycles. The Bertz CT molecular complexity index is 118. The smallest absolute Gasteiger partial charge is 0.0892 e. The summed E-state index contributed by atoms with van der Waals surface area (Å²) in [6, 6.07) is 3.15. The Kier molecular flexibility index (Phi) is 1.81. The average molecular weight is 110 g/mol. The number of nitrogens with zero attached hydrogens (tertiary/aromatic N) is 2. The molecule has 0 saturated heterocycles. The Balaban J connectivity index is 2.27. The van der Waals surface area contributed by atoms with Crippen LogP contribution in [0.25, 0.3) is 0 Å². The molecule has 0 bridgehead atoms. The van der Waals surface area contributed by atoms with Crippen LogP contribution in [-0.2, 0) is 0 Å². The Labute approximate surface area is 49.3 Å². The van der Waals surface area contributed by atoms with Gasteiger partial charge >= 0.3 is 0 Å². The SMILES string of the molecule is CN=C=NC1CCC1. The van der Waals surface area contributed by atoms with Crippen LogP contribution >= 0.6 is 0 Å². The van der Waals surface area contributed by atoms with Crippen LogP contribution in [0.4, 0.5) is 0 Å². The molecule has 0 aromatic rings. The van der Waals surface area contributed by atoms with Gasteiger partial charge in [0.15, 0.2) is 0 Å². The van der Waals surface area contributed by atoms with Crippen molar-refractivity contribution in [3.63, 3.8) is 0 Å². The van der Waals surface area contributed by atoms with Crippen molar-refractivity contribution >= 4 is 6.01 Å². The van der Waals surface area contributed by atoms with Gasteiger partial charge in [0.05, 0.1) is 12.1 Å². The Morgan fingerprint density at radius 3 is 2.62 bits per heavy atom. The fourth-order valence-electron chi connectivity index (χ4n) is 0.655. The van der Waals surface area contributed by atoms with Gasteiger partial charge in [-0.25, -0.2) is 9.98 Å². The van der Waals surface area contributed by atoms with Crippen molar-refractivity contribution in [2.75, 3.05) is 7.05 Å². The standard InChI is InChI=1S/C6H10N2/c1-7-5-8-6-3-2-4-6/h6H,2-4H2,1H3. The van der Waals surface area contributed by atoms with Crippen LogP contribution in [-0.4, -0.2) is 19.1 Å². The van der Waals surface area contributed by atoms with Crippen LogP contribution in [0, 0.1) is 0 Å². The minimum absolute atomic E-state index is 0.554. The third kappa shape index (κ3) is 1.17. The monoisotopic (exact) mass is 110 g/mol. The minimum atomic E-state index is 0.554. The highest BCUT2D eigenvalue weighted by molar-refractivity contribution is 5.41. The number of hydrogen-bond donors (Lipinski definition) is 0. The van der Waals surface area contributed by atoms with Crippen molar-refractivity contribution in [1.82, 2.24) is 0 Å². The fraction of sp³-hybridized carbons (Fsp3) is 0.833. The second kappa shape index (κ2) is 2.63. The Hall–Kier alpha value is -0.620. The zero-order valence-corrected chi connectivity index (χ0v) is 5.09. The van der Waals surface area contributed by atoms with Gasteiger partial charge in [-0.1, -0.05) is 0 Å². The molecule has 0 aromatic heterocycles. The molecule has 1 saturated carbocycles. The first kappa shape index (κ1) is 5.52. The molecule has 8 heavy (non-hydrogen) atoms. The zero-order chi connectivity index (χ0) is 5.82. The first-order valence-electron chi connectivity index (χ1n) is 2.97. The predicted octanol–water partition coefficient (Wildman–Crippen LogP) is 1.34. The summed E-state index contributed by atoms with van der Waals surface area (Å²) in [7, 11) is 1.70. The number of rotatable bonds is 1. The maximum absolute atomic E-state index is 4.03. The Morgan fingerprint density at radius 2 is 2.25 bits per heavy atom. The van der Waals surface area contributed by atoms with Crippen LogP contribution in [0.3, 0.4) is 0 Å². The van der Waals surface area contributed by atoms with Gasteiger partial charge in [-0.2, -0.15) is 0 Å². The topological polar surface area (TPSA) is 24.7 Å². The van der Waals surface area contributed by atoms with Gasteiger partial charge in [0.2, 0.25) is 0 Å². The molecule has 0 aromatic carbocycles. The molecule has 0 amide bonds. The molecule has 0 spiro atoms. The van der Waals surface area contributed by atoms with E-state index in [1.807, 2.05) is 0 Å². The van der Waals surface area contributed by atoms with Crippen LogP contribution < -0.4 is 0 Å². The van der Waals surface area contributed by atoms with Gasteiger partial charge in [-0.3, -0.25) is 0 Å². The van der Waals surface area contributed by atoms with Gasteiger partial charge in [0.1, 0.15) is 0 Å². The van der Waals surface area contributed by atoms with Crippen LogP contribution in [0.15, 0.2) is 9.98 Å². The molecule has 1 aliphatic rings. The quantitative estimate of drug-likeness (QED) is 0.455. The number of aliphatic imine (C=N–C) groups is 2. The second-order valence-electron chi connectivity index (χ2n) is 2.04. The van der Waals surface area contributed by atoms with Crippen molar-refractivity contribution < 1.29 is 0 Å². The molecular weight excluding hydrogens is 100 g/mol. The summed E-state index contributed by atoms with van der Waals surface area (Å²) in [6.45, 7) is 0. The third-order valence-corrected chi connectivity index (χ3v) is 1.42. The number of hydrogen-bond acceptors (Lipinski definition) is 2. The largest absolute Gasteiger partial charge is 0.229 e. The summed E-state index contributed by atoms with van der Waals surface area (Å²) in [5.41, 5.74) is 0. The lowest BCUT2D eigenvalue weighted by molar-refractivity contribution is 0.421. The molecule has 0 heterocycles. The van der Waals surface area contributed by atoms with E-state index in [1.54, 1.807) is 7.05 Å². The Morgan fingerprint density at radius 1 is 1.50 bits per heavy atom. The summed E-state index contributed by atoms with van der Waals surface area (Å²) in [5, 5.41) is 0. The van der Waals surface area contributed by atoms with E-state index >= 15 is 0 Å². The maximum Gasteiger partial charge on any atom is 0.0892 e. The highest BCUT2D eigenvalue weighted by Gasteiger charge is 2.14. The van der Waals surface area contributed by atoms with Gasteiger partial charge in [-0.05, 0) is 19.3 Å². The van der Waals surface area contributed by atoms with E-state index in [9.17, 15) is 0 Å². The van der Waals surface area contributed by atoms with Crippen molar-refractivity contribution in [3.05, 3.63) is 0 Å². The van der Waals surface area contributed by atoms with E-state index in [2.05, 4.69) is 16.0 Å². The van der Waals surface area contributed by atoms with E-state index in [4.69, 9.17) is 0 Å². The molecule has 1 fully saturated rings. The van der Waals surface area contributed by atoms with Crippen molar-refractivity contribution in [2.24, 2.45) is 9.98 Å². The van der Waals surface area contributed by atoms with E-state index in [0.29, 0.717) is 6.04 Å². The average Bonchev–Trinajstić information content (AvgIpc) is 1.63. The van der Waals surface area contributed by atoms with E-state index in [1.165, 1.54) is 19.3 Å². The van der Waals surface area contributed by atoms with Gasteiger partial charge in [0, 0.05) is 7.05 Å². The van der Waals surface area contributed by atoms with E-state index in [0.717, 1.165) is 0 Å². The molecule has 2 heteroatoms. The summed E-state index contributed by atoms with van der Waals surface area (Å²) >= 11 is 0. The molecular formula is C6H10N2. The molecule has 0 unspecified atom stereocenters. The molecule has 2 nitrogen and oxygen atoms in total. The predicted molar refractivity (Wildman–Crippen MR) is 33.4 cm³/mol. The normalized spacial score (nSPS) is 18.6. The van der Waals surface area contributed by atoms with E-state index < -0.39 is 0 Å². The summed E-state index contributed by atoms with van der Waals surface area (Å²) < 4.78 is 0. The summed E-state index contributed by atoms with van der Waals surface area (Å²) in [5.74, 6) is 0. The molecule has 44 valence electrons. The first-order valence-corrected chi connectivity index (χ1v) is 2.97. The van der Waals surface area contributed by atoms with Crippen LogP contribution in [0.1, 0.15) is 19.3 Å².